The molecule has 0 bridgehead atoms. The van der Waals surface area contributed by atoms with Crippen molar-refractivity contribution in [2.24, 2.45) is 0 Å². The smallest absolute Gasteiger partial charge is 0.341 e. The van der Waals surface area contributed by atoms with Crippen LogP contribution < -0.4 is 5.32 Å². The van der Waals surface area contributed by atoms with Crippen molar-refractivity contribution < 1.29 is 26.4 Å². The van der Waals surface area contributed by atoms with Crippen LogP contribution >= 0.6 is 15.9 Å². The second kappa shape index (κ2) is 6.81. The Morgan fingerprint density at radius 2 is 1.88 bits per heavy atom. The average Bonchev–Trinajstić information content (AvgIpc) is 2.91. The lowest BCUT2D eigenvalue weighted by molar-refractivity contribution is 0.0997. The van der Waals surface area contributed by atoms with Crippen LogP contribution in [-0.4, -0.2) is 20.1 Å². The van der Waals surface area contributed by atoms with Gasteiger partial charge in [-0.25, -0.2) is 8.42 Å². The minimum Gasteiger partial charge on any atom is -0.451 e. The molecule has 9 heteroatoms. The fourth-order valence-electron chi connectivity index (χ4n) is 2.50. The minimum absolute atomic E-state index is 0.0256. The summed E-state index contributed by atoms with van der Waals surface area (Å²) in [4.78, 5) is 11.9. The van der Waals surface area contributed by atoms with Gasteiger partial charge in [-0.15, -0.1) is 0 Å². The number of hydrogen-bond donors (Lipinski definition) is 1. The van der Waals surface area contributed by atoms with Crippen molar-refractivity contribution in [1.29, 1.82) is 0 Å². The maximum Gasteiger partial charge on any atom is 0.341 e. The Labute approximate surface area is 156 Å². The van der Waals surface area contributed by atoms with E-state index < -0.39 is 26.4 Å². The number of aryl methyl sites for hydroxylation is 1. The molecule has 0 aliphatic carbocycles. The second-order valence-electron chi connectivity index (χ2n) is 5.45. The molecule has 1 heterocycles. The number of rotatable bonds is 4. The van der Waals surface area contributed by atoms with Crippen LogP contribution in [0.4, 0.5) is 14.5 Å². The Balaban J connectivity index is 2.01. The standard InChI is InChI=1S/C17H12BrF2NO4S/c1-9-11-8-10(18)6-7-13(11)25-15(9)16(22)21-12-4-2-3-5-14(12)26(23,24)17(19)20/h2-8,17H,1H3,(H,21,22). The van der Waals surface area contributed by atoms with Crippen LogP contribution in [0, 0.1) is 6.92 Å². The molecule has 0 unspecified atom stereocenters. The number of furan rings is 1. The van der Waals surface area contributed by atoms with Gasteiger partial charge in [0.2, 0.25) is 9.84 Å². The van der Waals surface area contributed by atoms with Crippen molar-refractivity contribution >= 4 is 48.3 Å². The van der Waals surface area contributed by atoms with E-state index >= 15 is 0 Å². The number of anilines is 1. The number of alkyl halides is 2. The third kappa shape index (κ3) is 3.24. The SMILES string of the molecule is Cc1c(C(=O)Nc2ccccc2S(=O)(=O)C(F)F)oc2ccc(Br)cc12. The molecule has 0 fully saturated rings. The first-order chi connectivity index (χ1) is 12.2. The van der Waals surface area contributed by atoms with Gasteiger partial charge in [-0.2, -0.15) is 8.78 Å². The van der Waals surface area contributed by atoms with Gasteiger partial charge in [0, 0.05) is 15.4 Å². The maximum atomic E-state index is 12.9. The summed E-state index contributed by atoms with van der Waals surface area (Å²) >= 11 is 3.33. The monoisotopic (exact) mass is 443 g/mol. The van der Waals surface area contributed by atoms with E-state index in [1.165, 1.54) is 18.2 Å². The number of halogens is 3. The van der Waals surface area contributed by atoms with Gasteiger partial charge < -0.3 is 9.73 Å². The lowest BCUT2D eigenvalue weighted by Gasteiger charge is -2.10. The molecule has 0 saturated carbocycles. The van der Waals surface area contributed by atoms with E-state index in [1.807, 2.05) is 0 Å². The molecule has 136 valence electrons. The van der Waals surface area contributed by atoms with Crippen LogP contribution in [0.5, 0.6) is 0 Å². The predicted octanol–water partition coefficient (Wildman–Crippen LogP) is 4.75. The van der Waals surface area contributed by atoms with E-state index in [2.05, 4.69) is 21.2 Å². The second-order valence-corrected chi connectivity index (χ2v) is 8.25. The van der Waals surface area contributed by atoms with Gasteiger partial charge in [-0.05, 0) is 37.3 Å². The van der Waals surface area contributed by atoms with Gasteiger partial charge in [0.1, 0.15) is 5.58 Å². The van der Waals surface area contributed by atoms with E-state index in [-0.39, 0.29) is 11.4 Å². The Hall–Kier alpha value is -2.26. The molecule has 1 N–H and O–H groups in total. The summed E-state index contributed by atoms with van der Waals surface area (Å²) < 4.78 is 55.6. The number of carbonyl (C=O) groups is 1. The first-order valence-corrected chi connectivity index (χ1v) is 9.67. The first kappa shape index (κ1) is 18.5. The fraction of sp³-hybridized carbons (Fsp3) is 0.118. The van der Waals surface area contributed by atoms with Gasteiger partial charge in [0.05, 0.1) is 10.6 Å². The Kier molecular flexibility index (Phi) is 4.85. The van der Waals surface area contributed by atoms with Crippen molar-refractivity contribution in [1.82, 2.24) is 0 Å². The molecule has 5 nitrogen and oxygen atoms in total. The number of sulfone groups is 1. The third-order valence-corrected chi connectivity index (χ3v) is 5.71. The molecule has 1 aromatic heterocycles. The number of para-hydroxylation sites is 1. The summed E-state index contributed by atoms with van der Waals surface area (Å²) in [6, 6.07) is 10.2. The number of hydrogen-bond acceptors (Lipinski definition) is 4. The highest BCUT2D eigenvalue weighted by Crippen LogP contribution is 2.30. The van der Waals surface area contributed by atoms with Crippen LogP contribution in [0.3, 0.4) is 0 Å². The number of benzene rings is 2. The zero-order valence-electron chi connectivity index (χ0n) is 13.3. The van der Waals surface area contributed by atoms with E-state index in [0.717, 1.165) is 10.5 Å². The number of nitrogens with one attached hydrogen (secondary N) is 1. The van der Waals surface area contributed by atoms with Crippen LogP contribution in [0.15, 0.2) is 56.2 Å². The summed E-state index contributed by atoms with van der Waals surface area (Å²) in [6.07, 6.45) is 0. The molecule has 0 aliphatic heterocycles. The van der Waals surface area contributed by atoms with Crippen molar-refractivity contribution in [3.05, 3.63) is 58.3 Å². The fourth-order valence-corrected chi connectivity index (χ4v) is 3.75. The molecule has 0 atom stereocenters. The molecule has 0 radical (unpaired) electrons. The third-order valence-electron chi connectivity index (χ3n) is 3.78. The van der Waals surface area contributed by atoms with Crippen molar-refractivity contribution in [2.45, 2.75) is 17.6 Å². The zero-order chi connectivity index (χ0) is 19.1. The Morgan fingerprint density at radius 3 is 2.58 bits per heavy atom. The number of amides is 1. The van der Waals surface area contributed by atoms with Crippen molar-refractivity contribution in [2.75, 3.05) is 5.32 Å². The molecular formula is C17H12BrF2NO4S. The molecule has 26 heavy (non-hydrogen) atoms. The largest absolute Gasteiger partial charge is 0.451 e. The summed E-state index contributed by atoms with van der Waals surface area (Å²) in [6.45, 7) is 1.68. The van der Waals surface area contributed by atoms with E-state index in [0.29, 0.717) is 16.5 Å². The van der Waals surface area contributed by atoms with Crippen molar-refractivity contribution in [3.63, 3.8) is 0 Å². The molecule has 2 aromatic carbocycles. The van der Waals surface area contributed by atoms with E-state index in [4.69, 9.17) is 4.42 Å². The minimum atomic E-state index is -4.86. The lowest BCUT2D eigenvalue weighted by atomic mass is 10.1. The average molecular weight is 444 g/mol. The van der Waals surface area contributed by atoms with Gasteiger partial charge in [0.15, 0.2) is 5.76 Å². The van der Waals surface area contributed by atoms with Crippen LogP contribution in [0.2, 0.25) is 0 Å². The van der Waals surface area contributed by atoms with Crippen LogP contribution in [-0.2, 0) is 9.84 Å². The van der Waals surface area contributed by atoms with Crippen LogP contribution in [0.25, 0.3) is 11.0 Å². The molecule has 0 saturated heterocycles. The molecule has 0 aliphatic rings. The van der Waals surface area contributed by atoms with E-state index in [9.17, 15) is 22.0 Å². The topological polar surface area (TPSA) is 76.4 Å². The van der Waals surface area contributed by atoms with Gasteiger partial charge in [-0.1, -0.05) is 28.1 Å². The zero-order valence-corrected chi connectivity index (χ0v) is 15.7. The van der Waals surface area contributed by atoms with Crippen molar-refractivity contribution in [3.8, 4) is 0 Å². The summed E-state index contributed by atoms with van der Waals surface area (Å²) in [5.41, 5.74) is 0.788. The summed E-state index contributed by atoms with van der Waals surface area (Å²) in [5.74, 6) is -4.35. The number of fused-ring (bicyclic) bond motifs is 1. The predicted molar refractivity (Wildman–Crippen MR) is 96.2 cm³/mol. The summed E-state index contributed by atoms with van der Waals surface area (Å²) in [5, 5.41) is 3.05. The van der Waals surface area contributed by atoms with Crippen LogP contribution in [0.1, 0.15) is 16.1 Å². The lowest BCUT2D eigenvalue weighted by Crippen LogP contribution is -2.18. The molecule has 1 amide bonds. The molecule has 3 aromatic rings. The van der Waals surface area contributed by atoms with Gasteiger partial charge in [-0.3, -0.25) is 4.79 Å². The normalized spacial score (nSPS) is 11.9. The highest BCUT2D eigenvalue weighted by molar-refractivity contribution is 9.10. The molecule has 0 spiro atoms. The van der Waals surface area contributed by atoms with E-state index in [1.54, 1.807) is 25.1 Å². The molecular weight excluding hydrogens is 432 g/mol. The highest BCUT2D eigenvalue weighted by Gasteiger charge is 2.30. The van der Waals surface area contributed by atoms with Gasteiger partial charge >= 0.3 is 5.76 Å². The maximum absolute atomic E-state index is 12.9. The Bertz CT molecular complexity index is 1110. The highest BCUT2D eigenvalue weighted by atomic mass is 79.9. The summed E-state index contributed by atoms with van der Waals surface area (Å²) in [7, 11) is -4.86. The number of carbonyl (C=O) groups excluding carboxylic acids is 1. The quantitative estimate of drug-likeness (QED) is 0.630. The Morgan fingerprint density at radius 1 is 1.19 bits per heavy atom. The first-order valence-electron chi connectivity index (χ1n) is 7.33. The molecule has 3 rings (SSSR count). The van der Waals surface area contributed by atoms with Gasteiger partial charge in [0.25, 0.3) is 5.91 Å².